The van der Waals surface area contributed by atoms with Crippen LogP contribution in [0, 0.1) is 0 Å². The summed E-state index contributed by atoms with van der Waals surface area (Å²) < 4.78 is 5.35. The Morgan fingerprint density at radius 1 is 1.04 bits per heavy atom. The summed E-state index contributed by atoms with van der Waals surface area (Å²) in [5, 5.41) is 3.08. The predicted octanol–water partition coefficient (Wildman–Crippen LogP) is 2.55. The number of piperidine rings is 1. The number of rotatable bonds is 4. The molecule has 5 nitrogen and oxygen atoms in total. The van der Waals surface area contributed by atoms with Crippen molar-refractivity contribution in [2.45, 2.75) is 38.0 Å². The number of nitrogens with one attached hydrogen (secondary N) is 1. The highest BCUT2D eigenvalue weighted by Crippen LogP contribution is 2.21. The molecule has 1 atom stereocenters. The summed E-state index contributed by atoms with van der Waals surface area (Å²) >= 11 is 0. The number of esters is 1. The monoisotopic (exact) mass is 364 g/mol. The van der Waals surface area contributed by atoms with E-state index in [1.54, 1.807) is 6.07 Å². The molecule has 0 radical (unpaired) electrons. The molecule has 140 valence electrons. The summed E-state index contributed by atoms with van der Waals surface area (Å²) in [5.74, 6) is -0.589. The van der Waals surface area contributed by atoms with Crippen LogP contribution in [0.5, 0.6) is 0 Å². The Morgan fingerprint density at radius 2 is 1.74 bits per heavy atom. The maximum Gasteiger partial charge on any atom is 0.339 e. The summed E-state index contributed by atoms with van der Waals surface area (Å²) in [6.45, 7) is 2.85. The van der Waals surface area contributed by atoms with Gasteiger partial charge in [-0.1, -0.05) is 48.5 Å². The van der Waals surface area contributed by atoms with E-state index < -0.39 is 12.1 Å². The van der Waals surface area contributed by atoms with Gasteiger partial charge in [0.25, 0.3) is 5.91 Å². The Bertz CT molecular complexity index is 813. The fourth-order valence-corrected chi connectivity index (χ4v) is 3.85. The van der Waals surface area contributed by atoms with Crippen molar-refractivity contribution in [3.05, 3.63) is 71.3 Å². The number of amides is 1. The summed E-state index contributed by atoms with van der Waals surface area (Å²) in [4.78, 5) is 27.1. The summed E-state index contributed by atoms with van der Waals surface area (Å²) in [5.41, 5.74) is 2.76. The Balaban J connectivity index is 1.28. The molecule has 2 aliphatic rings. The first-order chi connectivity index (χ1) is 13.2. The van der Waals surface area contributed by atoms with Gasteiger partial charge in [-0.15, -0.1) is 0 Å². The van der Waals surface area contributed by atoms with Gasteiger partial charge in [-0.2, -0.15) is 0 Å². The van der Waals surface area contributed by atoms with E-state index in [1.807, 2.05) is 24.3 Å². The van der Waals surface area contributed by atoms with Crippen LogP contribution in [0.4, 0.5) is 0 Å². The molecule has 0 aromatic heterocycles. The lowest BCUT2D eigenvalue weighted by Gasteiger charge is -2.33. The van der Waals surface area contributed by atoms with E-state index in [2.05, 4.69) is 34.5 Å². The molecule has 4 rings (SSSR count). The fourth-order valence-electron chi connectivity index (χ4n) is 3.85. The van der Waals surface area contributed by atoms with E-state index in [-0.39, 0.29) is 11.9 Å². The van der Waals surface area contributed by atoms with Gasteiger partial charge in [-0.05, 0) is 30.0 Å². The molecular formula is C22H24N2O3. The van der Waals surface area contributed by atoms with Crippen molar-refractivity contribution in [3.63, 3.8) is 0 Å². The molecule has 2 aromatic carbocycles. The normalized spacial score (nSPS) is 20.6. The van der Waals surface area contributed by atoms with Gasteiger partial charge < -0.3 is 10.1 Å². The third-order valence-corrected chi connectivity index (χ3v) is 5.37. The highest BCUT2D eigenvalue weighted by atomic mass is 16.5. The van der Waals surface area contributed by atoms with E-state index in [0.717, 1.165) is 38.0 Å². The molecule has 1 fully saturated rings. The number of carbonyl (C=O) groups is 2. The van der Waals surface area contributed by atoms with Crippen molar-refractivity contribution in [2.75, 3.05) is 13.1 Å². The molecule has 5 heteroatoms. The third kappa shape index (κ3) is 4.19. The first kappa shape index (κ1) is 17.7. The van der Waals surface area contributed by atoms with Crippen molar-refractivity contribution in [1.29, 1.82) is 0 Å². The lowest BCUT2D eigenvalue weighted by atomic mass is 9.97. The molecule has 2 aliphatic heterocycles. The summed E-state index contributed by atoms with van der Waals surface area (Å²) in [7, 11) is 0. The quantitative estimate of drug-likeness (QED) is 0.847. The van der Waals surface area contributed by atoms with Crippen LogP contribution in [-0.4, -0.2) is 42.0 Å². The maximum atomic E-state index is 12.6. The van der Waals surface area contributed by atoms with Crippen LogP contribution in [0.3, 0.4) is 0 Å². The number of likely N-dealkylation sites (tertiary alicyclic amines) is 1. The van der Waals surface area contributed by atoms with Crippen molar-refractivity contribution in [1.82, 2.24) is 10.2 Å². The zero-order valence-corrected chi connectivity index (χ0v) is 15.3. The lowest BCUT2D eigenvalue weighted by Crippen LogP contribution is -2.49. The number of fused-ring (bicyclic) bond motifs is 1. The van der Waals surface area contributed by atoms with Crippen LogP contribution in [0.1, 0.15) is 34.3 Å². The van der Waals surface area contributed by atoms with E-state index in [4.69, 9.17) is 4.74 Å². The number of benzene rings is 2. The second-order valence-corrected chi connectivity index (χ2v) is 7.30. The molecule has 0 spiro atoms. The second kappa shape index (κ2) is 7.92. The molecule has 1 amide bonds. The first-order valence-corrected chi connectivity index (χ1v) is 9.54. The van der Waals surface area contributed by atoms with Crippen LogP contribution in [-0.2, 0) is 22.5 Å². The van der Waals surface area contributed by atoms with Crippen LogP contribution >= 0.6 is 0 Å². The third-order valence-electron chi connectivity index (χ3n) is 5.37. The first-order valence-electron chi connectivity index (χ1n) is 9.54. The van der Waals surface area contributed by atoms with Crippen LogP contribution in [0.2, 0.25) is 0 Å². The standard InChI is InChI=1S/C22H24N2O3/c25-21(20-14-17-8-4-5-9-19(17)22(26)27-20)23-18-10-12-24(13-11-18)15-16-6-2-1-3-7-16/h1-9,18,20H,10-15H2,(H,23,25). The van der Waals surface area contributed by atoms with Gasteiger partial charge in [0.05, 0.1) is 5.56 Å². The van der Waals surface area contributed by atoms with Crippen molar-refractivity contribution >= 4 is 11.9 Å². The molecule has 2 heterocycles. The largest absolute Gasteiger partial charge is 0.448 e. The van der Waals surface area contributed by atoms with Gasteiger partial charge in [0.1, 0.15) is 0 Å². The Kier molecular flexibility index (Phi) is 5.21. The minimum absolute atomic E-state index is 0.139. The number of hydrogen-bond acceptors (Lipinski definition) is 4. The summed E-state index contributed by atoms with van der Waals surface area (Å²) in [6.07, 6.45) is 1.54. The molecule has 1 unspecified atom stereocenters. The average molecular weight is 364 g/mol. The Labute approximate surface area is 159 Å². The summed E-state index contributed by atoms with van der Waals surface area (Å²) in [6, 6.07) is 17.9. The van der Waals surface area contributed by atoms with E-state index in [1.165, 1.54) is 5.56 Å². The van der Waals surface area contributed by atoms with Gasteiger partial charge in [0.2, 0.25) is 0 Å². The van der Waals surface area contributed by atoms with Crippen molar-refractivity contribution in [2.24, 2.45) is 0 Å². The Morgan fingerprint density at radius 3 is 2.52 bits per heavy atom. The van der Waals surface area contributed by atoms with Gasteiger partial charge in [0, 0.05) is 32.1 Å². The number of hydrogen-bond donors (Lipinski definition) is 1. The maximum absolute atomic E-state index is 12.6. The van der Waals surface area contributed by atoms with Gasteiger partial charge in [0.15, 0.2) is 6.10 Å². The lowest BCUT2D eigenvalue weighted by molar-refractivity contribution is -0.131. The van der Waals surface area contributed by atoms with Gasteiger partial charge in [-0.25, -0.2) is 4.79 Å². The molecule has 1 saturated heterocycles. The number of cyclic esters (lactones) is 1. The highest BCUT2D eigenvalue weighted by Gasteiger charge is 2.32. The van der Waals surface area contributed by atoms with Gasteiger partial charge in [-0.3, -0.25) is 9.69 Å². The zero-order chi connectivity index (χ0) is 18.6. The minimum atomic E-state index is -0.727. The minimum Gasteiger partial charge on any atom is -0.448 e. The smallest absolute Gasteiger partial charge is 0.339 e. The van der Waals surface area contributed by atoms with Crippen molar-refractivity contribution < 1.29 is 14.3 Å². The molecule has 27 heavy (non-hydrogen) atoms. The van der Waals surface area contributed by atoms with Crippen molar-refractivity contribution in [3.8, 4) is 0 Å². The predicted molar refractivity (Wildman–Crippen MR) is 102 cm³/mol. The van der Waals surface area contributed by atoms with Crippen LogP contribution in [0.25, 0.3) is 0 Å². The molecule has 1 N–H and O–H groups in total. The molecule has 0 aliphatic carbocycles. The number of carbonyl (C=O) groups excluding carboxylic acids is 2. The molecular weight excluding hydrogens is 340 g/mol. The topological polar surface area (TPSA) is 58.6 Å². The number of ether oxygens (including phenoxy) is 1. The molecule has 0 saturated carbocycles. The average Bonchev–Trinajstić information content (AvgIpc) is 2.70. The van der Waals surface area contributed by atoms with E-state index in [9.17, 15) is 9.59 Å². The zero-order valence-electron chi connectivity index (χ0n) is 15.3. The number of nitrogens with zero attached hydrogens (tertiary/aromatic N) is 1. The van der Waals surface area contributed by atoms with E-state index in [0.29, 0.717) is 12.0 Å². The fraction of sp³-hybridized carbons (Fsp3) is 0.364. The van der Waals surface area contributed by atoms with Crippen LogP contribution in [0.15, 0.2) is 54.6 Å². The van der Waals surface area contributed by atoms with E-state index >= 15 is 0 Å². The molecule has 2 aromatic rings. The SMILES string of the molecule is O=C1OC(C(=O)NC2CCN(Cc3ccccc3)CC2)Cc2ccccc21. The van der Waals surface area contributed by atoms with Gasteiger partial charge >= 0.3 is 5.97 Å². The van der Waals surface area contributed by atoms with Crippen LogP contribution < -0.4 is 5.32 Å². The Hall–Kier alpha value is -2.66. The highest BCUT2D eigenvalue weighted by molar-refractivity contribution is 5.95. The molecule has 0 bridgehead atoms. The second-order valence-electron chi connectivity index (χ2n) is 7.30.